The van der Waals surface area contributed by atoms with Crippen LogP contribution in [0.3, 0.4) is 0 Å². The number of pyridine rings is 1. The number of rotatable bonds is 5. The Labute approximate surface area is 124 Å². The molecular weight excluding hydrogens is 305 g/mol. The van der Waals surface area contributed by atoms with Crippen molar-refractivity contribution in [3.8, 4) is 5.88 Å². The van der Waals surface area contributed by atoms with E-state index in [4.69, 9.17) is 0 Å². The molecule has 0 bridgehead atoms. The fourth-order valence-electron chi connectivity index (χ4n) is 1.31. The molecular formula is C12H15F3N4O3. The van der Waals surface area contributed by atoms with Crippen molar-refractivity contribution in [2.75, 3.05) is 19.0 Å². The van der Waals surface area contributed by atoms with Crippen LogP contribution in [-0.4, -0.2) is 42.8 Å². The lowest BCUT2D eigenvalue weighted by Crippen LogP contribution is -2.44. The molecule has 7 nitrogen and oxygen atoms in total. The molecule has 0 radical (unpaired) electrons. The number of halogens is 3. The van der Waals surface area contributed by atoms with E-state index in [1.807, 2.05) is 0 Å². The third-order valence-corrected chi connectivity index (χ3v) is 2.36. The summed E-state index contributed by atoms with van der Waals surface area (Å²) >= 11 is 0. The second-order valence-electron chi connectivity index (χ2n) is 4.22. The Hall–Kier alpha value is -2.52. The van der Waals surface area contributed by atoms with Crippen molar-refractivity contribution in [2.24, 2.45) is 0 Å². The van der Waals surface area contributed by atoms with Gasteiger partial charge in [0, 0.05) is 13.1 Å². The number of amides is 3. The van der Waals surface area contributed by atoms with Gasteiger partial charge < -0.3 is 15.4 Å². The van der Waals surface area contributed by atoms with Crippen LogP contribution in [0.25, 0.3) is 0 Å². The maximum atomic E-state index is 12.0. The van der Waals surface area contributed by atoms with Crippen LogP contribution in [0.4, 0.5) is 23.7 Å². The number of alkyl halides is 3. The van der Waals surface area contributed by atoms with Crippen LogP contribution >= 0.6 is 0 Å². The predicted molar refractivity (Wildman–Crippen MR) is 71.5 cm³/mol. The minimum Gasteiger partial charge on any atom is -0.468 e. The van der Waals surface area contributed by atoms with Gasteiger partial charge in [0.2, 0.25) is 11.8 Å². The van der Waals surface area contributed by atoms with E-state index in [1.54, 1.807) is 0 Å². The van der Waals surface area contributed by atoms with E-state index in [0.29, 0.717) is 5.69 Å². The summed E-state index contributed by atoms with van der Waals surface area (Å²) in [6.45, 7) is 0.0735. The highest BCUT2D eigenvalue weighted by Gasteiger charge is 2.28. The molecule has 122 valence electrons. The third-order valence-electron chi connectivity index (χ3n) is 2.36. The number of hydrogen-bond donors (Lipinski definition) is 3. The van der Waals surface area contributed by atoms with Gasteiger partial charge in [0.25, 0.3) is 0 Å². The number of nitrogens with one attached hydrogen (secondary N) is 3. The van der Waals surface area contributed by atoms with Crippen molar-refractivity contribution in [1.29, 1.82) is 0 Å². The van der Waals surface area contributed by atoms with Gasteiger partial charge in [0.15, 0.2) is 6.61 Å². The van der Waals surface area contributed by atoms with Crippen molar-refractivity contribution >= 4 is 17.6 Å². The van der Waals surface area contributed by atoms with Crippen LogP contribution in [0.5, 0.6) is 5.88 Å². The fraction of sp³-hybridized carbons (Fsp3) is 0.417. The lowest BCUT2D eigenvalue weighted by atomic mass is 10.3. The van der Waals surface area contributed by atoms with E-state index in [2.05, 4.69) is 25.7 Å². The number of imide groups is 1. The van der Waals surface area contributed by atoms with E-state index in [9.17, 15) is 22.8 Å². The minimum atomic E-state index is -4.44. The number of nitrogens with zero attached hydrogens (tertiary/aromatic N) is 1. The quantitative estimate of drug-likeness (QED) is 0.760. The first-order valence-electron chi connectivity index (χ1n) is 6.16. The first-order valence-corrected chi connectivity index (χ1v) is 6.16. The topological polar surface area (TPSA) is 92.4 Å². The highest BCUT2D eigenvalue weighted by atomic mass is 19.4. The van der Waals surface area contributed by atoms with Gasteiger partial charge in [-0.2, -0.15) is 13.2 Å². The van der Waals surface area contributed by atoms with Gasteiger partial charge in [-0.25, -0.2) is 9.78 Å². The maximum absolute atomic E-state index is 12.0. The highest BCUT2D eigenvalue weighted by molar-refractivity contribution is 5.97. The first kappa shape index (κ1) is 17.5. The molecule has 1 atom stereocenters. The van der Waals surface area contributed by atoms with Crippen LogP contribution in [0, 0.1) is 0 Å². The summed E-state index contributed by atoms with van der Waals surface area (Å²) < 4.78 is 40.4. The number of hydrogen-bond acceptors (Lipinski definition) is 5. The molecule has 0 aliphatic carbocycles. The molecule has 1 aromatic heterocycles. The Morgan fingerprint density at radius 1 is 1.36 bits per heavy atom. The van der Waals surface area contributed by atoms with Crippen molar-refractivity contribution in [3.63, 3.8) is 0 Å². The lowest BCUT2D eigenvalue weighted by Gasteiger charge is -2.14. The zero-order valence-corrected chi connectivity index (χ0v) is 11.8. The molecule has 10 heteroatoms. The smallest absolute Gasteiger partial charge is 0.422 e. The summed E-state index contributed by atoms with van der Waals surface area (Å²) in [4.78, 5) is 26.3. The Bertz CT molecular complexity index is 519. The molecule has 22 heavy (non-hydrogen) atoms. The molecule has 0 fully saturated rings. The zero-order chi connectivity index (χ0) is 16.8. The van der Waals surface area contributed by atoms with Crippen molar-refractivity contribution in [3.05, 3.63) is 18.3 Å². The number of carbonyl (C=O) groups is 2. The average Bonchev–Trinajstić information content (AvgIpc) is 2.45. The second kappa shape index (κ2) is 7.48. The van der Waals surface area contributed by atoms with Crippen molar-refractivity contribution in [2.45, 2.75) is 19.1 Å². The van der Waals surface area contributed by atoms with E-state index in [-0.39, 0.29) is 5.88 Å². The predicted octanol–water partition coefficient (Wildman–Crippen LogP) is 1.28. The first-order chi connectivity index (χ1) is 10.2. The molecule has 3 N–H and O–H groups in total. The molecule has 0 unspecified atom stereocenters. The van der Waals surface area contributed by atoms with Crippen LogP contribution in [-0.2, 0) is 4.79 Å². The molecule has 0 aliphatic heterocycles. The Balaban J connectivity index is 2.53. The molecule has 3 amide bonds. The van der Waals surface area contributed by atoms with Gasteiger partial charge in [-0.1, -0.05) is 0 Å². The molecule has 0 saturated carbocycles. The monoisotopic (exact) mass is 320 g/mol. The number of aromatic nitrogens is 1. The van der Waals surface area contributed by atoms with E-state index < -0.39 is 30.8 Å². The SMILES string of the molecule is CNC(=O)NC(=O)[C@H](C)Nc1ccc(OCC(F)(F)F)nc1. The van der Waals surface area contributed by atoms with Gasteiger partial charge in [-0.3, -0.25) is 10.1 Å². The maximum Gasteiger partial charge on any atom is 0.422 e. The normalized spacial score (nSPS) is 12.2. The largest absolute Gasteiger partial charge is 0.468 e. The molecule has 1 rings (SSSR count). The summed E-state index contributed by atoms with van der Waals surface area (Å²) in [5.41, 5.74) is 0.388. The van der Waals surface area contributed by atoms with Crippen LogP contribution < -0.4 is 20.7 Å². The lowest BCUT2D eigenvalue weighted by molar-refractivity contribution is -0.154. The standard InChI is InChI=1S/C12H15F3N4O3/c1-7(10(20)19-11(21)16-2)18-8-3-4-9(17-5-8)22-6-12(13,14)15/h3-5,7,18H,6H2,1-2H3,(H2,16,19,20,21)/t7-/m0/s1. The van der Waals surface area contributed by atoms with Crippen LogP contribution in [0.15, 0.2) is 18.3 Å². The highest BCUT2D eigenvalue weighted by Crippen LogP contribution is 2.18. The van der Waals surface area contributed by atoms with Crippen molar-refractivity contribution < 1.29 is 27.5 Å². The third kappa shape index (κ3) is 6.29. The number of anilines is 1. The summed E-state index contributed by atoms with van der Waals surface area (Å²) in [5.74, 6) is -0.762. The number of urea groups is 1. The molecule has 0 aromatic carbocycles. The summed E-state index contributed by atoms with van der Waals surface area (Å²) in [7, 11) is 1.37. The molecule has 0 saturated heterocycles. The summed E-state index contributed by atoms with van der Waals surface area (Å²) in [5, 5.41) is 7.04. The molecule has 1 heterocycles. The summed E-state index contributed by atoms with van der Waals surface area (Å²) in [6.07, 6.45) is -3.22. The van der Waals surface area contributed by atoms with Gasteiger partial charge in [0.05, 0.1) is 11.9 Å². The van der Waals surface area contributed by atoms with Gasteiger partial charge in [-0.05, 0) is 13.0 Å². The van der Waals surface area contributed by atoms with Gasteiger partial charge in [0.1, 0.15) is 6.04 Å². The Morgan fingerprint density at radius 3 is 2.55 bits per heavy atom. The van der Waals surface area contributed by atoms with Crippen LogP contribution in [0.1, 0.15) is 6.92 Å². The van der Waals surface area contributed by atoms with E-state index in [1.165, 1.54) is 32.3 Å². The molecule has 0 aliphatic rings. The molecule has 1 aromatic rings. The van der Waals surface area contributed by atoms with E-state index >= 15 is 0 Å². The fourth-order valence-corrected chi connectivity index (χ4v) is 1.31. The van der Waals surface area contributed by atoms with E-state index in [0.717, 1.165) is 0 Å². The van der Waals surface area contributed by atoms with Gasteiger partial charge in [-0.15, -0.1) is 0 Å². The number of ether oxygens (including phenoxy) is 1. The Kier molecular flexibility index (Phi) is 5.96. The van der Waals surface area contributed by atoms with Gasteiger partial charge >= 0.3 is 12.2 Å². The number of carbonyl (C=O) groups excluding carboxylic acids is 2. The molecule has 0 spiro atoms. The summed E-state index contributed by atoms with van der Waals surface area (Å²) in [6, 6.07) is 1.24. The minimum absolute atomic E-state index is 0.189. The Morgan fingerprint density at radius 2 is 2.05 bits per heavy atom. The van der Waals surface area contributed by atoms with Crippen molar-refractivity contribution in [1.82, 2.24) is 15.6 Å². The average molecular weight is 320 g/mol. The van der Waals surface area contributed by atoms with Crippen LogP contribution in [0.2, 0.25) is 0 Å². The second-order valence-corrected chi connectivity index (χ2v) is 4.22. The zero-order valence-electron chi connectivity index (χ0n) is 11.8.